The number of alkyl halides is 3. The summed E-state index contributed by atoms with van der Waals surface area (Å²) >= 11 is 0. The van der Waals surface area contributed by atoms with Gasteiger partial charge in [0.05, 0.1) is 11.1 Å². The van der Waals surface area contributed by atoms with Crippen LogP contribution in [0, 0.1) is 5.92 Å². The molecule has 1 heterocycles. The lowest BCUT2D eigenvalue weighted by Gasteiger charge is -2.31. The number of likely N-dealkylation sites (tertiary alicyclic amines) is 1. The monoisotopic (exact) mass is 302 g/mol. The second kappa shape index (κ2) is 5.93. The zero-order valence-corrected chi connectivity index (χ0v) is 11.4. The van der Waals surface area contributed by atoms with Gasteiger partial charge in [-0.15, -0.1) is 0 Å². The molecular weight excluding hydrogens is 285 g/mol. The summed E-state index contributed by atoms with van der Waals surface area (Å²) in [4.78, 5) is 13.8. The van der Waals surface area contributed by atoms with Crippen molar-refractivity contribution in [2.75, 3.05) is 25.4 Å². The molecule has 1 fully saturated rings. The number of hydrogen-bond donors (Lipinski definition) is 2. The van der Waals surface area contributed by atoms with E-state index >= 15 is 0 Å². The summed E-state index contributed by atoms with van der Waals surface area (Å²) in [5.41, 5.74) is 4.68. The molecular formula is C14H17F3N2O2. The van der Waals surface area contributed by atoms with E-state index < -0.39 is 17.6 Å². The zero-order valence-electron chi connectivity index (χ0n) is 11.4. The first-order valence-electron chi connectivity index (χ1n) is 6.69. The Balaban J connectivity index is 2.19. The van der Waals surface area contributed by atoms with Crippen LogP contribution in [0.25, 0.3) is 0 Å². The van der Waals surface area contributed by atoms with Crippen LogP contribution in [0.2, 0.25) is 0 Å². The first-order chi connectivity index (χ1) is 9.82. The van der Waals surface area contributed by atoms with Crippen molar-refractivity contribution in [1.29, 1.82) is 0 Å². The number of halogens is 3. The maximum absolute atomic E-state index is 12.7. The Morgan fingerprint density at radius 1 is 1.33 bits per heavy atom. The van der Waals surface area contributed by atoms with Crippen LogP contribution in [0.1, 0.15) is 28.8 Å². The molecule has 0 aliphatic carbocycles. The molecule has 21 heavy (non-hydrogen) atoms. The van der Waals surface area contributed by atoms with Crippen LogP contribution in [0.15, 0.2) is 18.2 Å². The highest BCUT2D eigenvalue weighted by Crippen LogP contribution is 2.32. The highest BCUT2D eigenvalue weighted by atomic mass is 19.4. The Morgan fingerprint density at radius 2 is 1.95 bits per heavy atom. The summed E-state index contributed by atoms with van der Waals surface area (Å²) < 4.78 is 38.1. The van der Waals surface area contributed by atoms with Crippen molar-refractivity contribution in [2.45, 2.75) is 19.0 Å². The second-order valence-corrected chi connectivity index (χ2v) is 5.22. The van der Waals surface area contributed by atoms with Crippen molar-refractivity contribution >= 4 is 11.6 Å². The van der Waals surface area contributed by atoms with E-state index in [1.165, 1.54) is 4.90 Å². The van der Waals surface area contributed by atoms with Gasteiger partial charge in [0.15, 0.2) is 0 Å². The standard InChI is InChI=1S/C14H17F3N2O2/c15-14(16,17)10-1-2-12(18)11(7-10)13(21)19-5-3-9(8-20)4-6-19/h1-2,7,9,20H,3-6,8,18H2. The number of carbonyl (C=O) groups is 1. The number of nitrogens with two attached hydrogens (primary N) is 1. The van der Waals surface area contributed by atoms with E-state index in [0.717, 1.165) is 18.2 Å². The molecule has 2 rings (SSSR count). The predicted molar refractivity (Wildman–Crippen MR) is 71.6 cm³/mol. The molecule has 1 amide bonds. The average Bonchev–Trinajstić information content (AvgIpc) is 2.46. The summed E-state index contributed by atoms with van der Waals surface area (Å²) in [6, 6.07) is 2.77. The number of nitrogens with zero attached hydrogens (tertiary/aromatic N) is 1. The molecule has 1 aromatic carbocycles. The molecule has 0 radical (unpaired) electrons. The highest BCUT2D eigenvalue weighted by molar-refractivity contribution is 5.99. The Labute approximate surface area is 120 Å². The van der Waals surface area contributed by atoms with Crippen LogP contribution >= 0.6 is 0 Å². The number of rotatable bonds is 2. The maximum Gasteiger partial charge on any atom is 0.416 e. The van der Waals surface area contributed by atoms with Crippen molar-refractivity contribution in [2.24, 2.45) is 5.92 Å². The number of nitrogen functional groups attached to an aromatic ring is 1. The van der Waals surface area contributed by atoms with Gasteiger partial charge in [0, 0.05) is 25.4 Å². The normalized spacial score (nSPS) is 17.0. The summed E-state index contributed by atoms with van der Waals surface area (Å²) in [5.74, 6) is -0.345. The third-order valence-electron chi connectivity index (χ3n) is 3.77. The van der Waals surface area contributed by atoms with Gasteiger partial charge in [0.25, 0.3) is 5.91 Å². The number of hydrogen-bond acceptors (Lipinski definition) is 3. The topological polar surface area (TPSA) is 66.6 Å². The minimum Gasteiger partial charge on any atom is -0.398 e. The van der Waals surface area contributed by atoms with Crippen LogP contribution in [0.4, 0.5) is 18.9 Å². The van der Waals surface area contributed by atoms with Gasteiger partial charge in [-0.05, 0) is 37.0 Å². The van der Waals surface area contributed by atoms with Gasteiger partial charge in [-0.1, -0.05) is 0 Å². The molecule has 3 N–H and O–H groups in total. The SMILES string of the molecule is Nc1ccc(C(F)(F)F)cc1C(=O)N1CCC(CO)CC1. The van der Waals surface area contributed by atoms with E-state index in [9.17, 15) is 18.0 Å². The van der Waals surface area contributed by atoms with Crippen LogP contribution < -0.4 is 5.73 Å². The fraction of sp³-hybridized carbons (Fsp3) is 0.500. The number of piperidine rings is 1. The van der Waals surface area contributed by atoms with Crippen LogP contribution in [-0.4, -0.2) is 35.6 Å². The van der Waals surface area contributed by atoms with E-state index in [-0.39, 0.29) is 23.8 Å². The van der Waals surface area contributed by atoms with Crippen molar-refractivity contribution < 1.29 is 23.1 Å². The summed E-state index contributed by atoms with van der Waals surface area (Å²) in [6.45, 7) is 0.896. The van der Waals surface area contributed by atoms with E-state index in [1.54, 1.807) is 0 Å². The molecule has 1 aliphatic rings. The lowest BCUT2D eigenvalue weighted by atomic mass is 9.97. The van der Waals surface area contributed by atoms with E-state index in [4.69, 9.17) is 10.8 Å². The smallest absolute Gasteiger partial charge is 0.398 e. The number of carbonyl (C=O) groups excluding carboxylic acids is 1. The van der Waals surface area contributed by atoms with E-state index in [1.807, 2.05) is 0 Å². The second-order valence-electron chi connectivity index (χ2n) is 5.22. The van der Waals surface area contributed by atoms with Crippen molar-refractivity contribution in [3.8, 4) is 0 Å². The fourth-order valence-corrected chi connectivity index (χ4v) is 2.41. The van der Waals surface area contributed by atoms with Gasteiger partial charge in [-0.25, -0.2) is 0 Å². The van der Waals surface area contributed by atoms with Crippen LogP contribution in [0.5, 0.6) is 0 Å². The van der Waals surface area contributed by atoms with Crippen molar-refractivity contribution in [3.05, 3.63) is 29.3 Å². The first-order valence-corrected chi connectivity index (χ1v) is 6.69. The molecule has 0 atom stereocenters. The third kappa shape index (κ3) is 3.47. The number of aliphatic hydroxyl groups excluding tert-OH is 1. The molecule has 1 aliphatic heterocycles. The lowest BCUT2D eigenvalue weighted by molar-refractivity contribution is -0.137. The van der Waals surface area contributed by atoms with Gasteiger partial charge >= 0.3 is 6.18 Å². The molecule has 1 saturated heterocycles. The third-order valence-corrected chi connectivity index (χ3v) is 3.77. The molecule has 0 bridgehead atoms. The molecule has 116 valence electrons. The van der Waals surface area contributed by atoms with Crippen molar-refractivity contribution in [1.82, 2.24) is 4.90 Å². The molecule has 4 nitrogen and oxygen atoms in total. The zero-order chi connectivity index (χ0) is 15.6. The Morgan fingerprint density at radius 3 is 2.48 bits per heavy atom. The van der Waals surface area contributed by atoms with Gasteiger partial charge in [0.2, 0.25) is 0 Å². The molecule has 1 aromatic rings. The molecule has 0 aromatic heterocycles. The van der Waals surface area contributed by atoms with Crippen molar-refractivity contribution in [3.63, 3.8) is 0 Å². The number of amides is 1. The van der Waals surface area contributed by atoms with Gasteiger partial charge in [-0.3, -0.25) is 4.79 Å². The highest BCUT2D eigenvalue weighted by Gasteiger charge is 2.32. The first kappa shape index (κ1) is 15.6. The maximum atomic E-state index is 12.7. The van der Waals surface area contributed by atoms with E-state index in [0.29, 0.717) is 25.9 Å². The number of benzene rings is 1. The Kier molecular flexibility index (Phi) is 4.41. The van der Waals surface area contributed by atoms with Crippen LogP contribution in [0.3, 0.4) is 0 Å². The molecule has 7 heteroatoms. The average molecular weight is 302 g/mol. The van der Waals surface area contributed by atoms with E-state index in [2.05, 4.69) is 0 Å². The molecule has 0 saturated carbocycles. The fourth-order valence-electron chi connectivity index (χ4n) is 2.41. The Hall–Kier alpha value is -1.76. The summed E-state index contributed by atoms with van der Waals surface area (Å²) in [7, 11) is 0. The molecule has 0 spiro atoms. The predicted octanol–water partition coefficient (Wildman–Crippen LogP) is 2.13. The lowest BCUT2D eigenvalue weighted by Crippen LogP contribution is -2.39. The van der Waals surface area contributed by atoms with Crippen LogP contribution in [-0.2, 0) is 6.18 Å². The largest absolute Gasteiger partial charge is 0.416 e. The summed E-state index contributed by atoms with van der Waals surface area (Å²) in [6.07, 6.45) is -3.23. The number of aliphatic hydroxyl groups is 1. The van der Waals surface area contributed by atoms with Gasteiger partial charge in [-0.2, -0.15) is 13.2 Å². The minimum atomic E-state index is -4.51. The van der Waals surface area contributed by atoms with Gasteiger partial charge < -0.3 is 15.7 Å². The number of anilines is 1. The van der Waals surface area contributed by atoms with Gasteiger partial charge in [0.1, 0.15) is 0 Å². The molecule has 0 unspecified atom stereocenters. The Bertz CT molecular complexity index is 523. The minimum absolute atomic E-state index is 0.0391. The quantitative estimate of drug-likeness (QED) is 0.823. The summed E-state index contributed by atoms with van der Waals surface area (Å²) in [5, 5.41) is 9.05.